The Hall–Kier alpha value is -0.266. The van der Waals surface area contributed by atoms with Crippen molar-refractivity contribution in [3.05, 3.63) is 42.6 Å². The van der Waals surface area contributed by atoms with E-state index in [1.54, 1.807) is 0 Å². The van der Waals surface area contributed by atoms with E-state index in [0.29, 0.717) is 0 Å². The molecule has 12 heavy (non-hydrogen) atoms. The minimum absolute atomic E-state index is 0. The Labute approximate surface area is 97.3 Å². The summed E-state index contributed by atoms with van der Waals surface area (Å²) in [5.41, 5.74) is 1.22. The number of aromatic nitrogens is 1. The maximum atomic E-state index is 3.17. The molecule has 0 aliphatic rings. The Balaban J connectivity index is 0.000000720. The van der Waals surface area contributed by atoms with Gasteiger partial charge in [-0.2, -0.15) is 0 Å². The van der Waals surface area contributed by atoms with Crippen molar-refractivity contribution >= 4 is 10.9 Å². The summed E-state index contributed by atoms with van der Waals surface area (Å²) >= 11 is 0. The molecule has 0 aliphatic carbocycles. The average Bonchev–Trinajstić information content (AvgIpc) is 2.06. The molecule has 0 unspecified atom stereocenters. The van der Waals surface area contributed by atoms with Gasteiger partial charge >= 0.3 is 0 Å². The molecule has 0 spiro atoms. The second kappa shape index (κ2) is 4.11. The predicted octanol–water partition coefficient (Wildman–Crippen LogP) is 1.46. The number of rotatable bonds is 0. The Kier molecular flexibility index (Phi) is 3.36. The van der Waals surface area contributed by atoms with Gasteiger partial charge < -0.3 is 0 Å². The summed E-state index contributed by atoms with van der Waals surface area (Å²) in [5, 5.41) is 1.16. The quantitative estimate of drug-likeness (QED) is 0.478. The monoisotopic (exact) mass is 232 g/mol. The molecule has 0 amide bonds. The molecule has 1 radical (unpaired) electrons. The molecular weight excluding hydrogens is 223 g/mol. The third-order valence-corrected chi connectivity index (χ3v) is 1.82. The van der Waals surface area contributed by atoms with E-state index in [-0.39, 0.29) is 32.7 Å². The number of nitrogens with zero attached hydrogens (tertiary/aromatic N) is 1. The normalized spacial score (nSPS) is 9.42. The molecule has 1 nitrogen and oxygen atoms in total. The fourth-order valence-electron chi connectivity index (χ4n) is 1.22. The molecule has 1 aromatic carbocycles. The summed E-state index contributed by atoms with van der Waals surface area (Å²) in [6, 6.07) is 13.3. The Morgan fingerprint density at radius 3 is 2.75 bits per heavy atom. The van der Waals surface area contributed by atoms with Crippen molar-refractivity contribution in [1.82, 2.24) is 0 Å². The smallest absolute Gasteiger partial charge is 0.123 e. The van der Waals surface area contributed by atoms with Gasteiger partial charge in [-0.25, -0.2) is 0 Å². The second-order valence-corrected chi connectivity index (χ2v) is 2.59. The van der Waals surface area contributed by atoms with Crippen LogP contribution in [0.2, 0.25) is 0 Å². The molecule has 57 valence electrons. The summed E-state index contributed by atoms with van der Waals surface area (Å²) in [4.78, 5) is 0. The number of pyridine rings is 1. The van der Waals surface area contributed by atoms with Crippen molar-refractivity contribution in [2.24, 2.45) is 7.05 Å². The number of hydrogen-bond donors (Lipinski definition) is 0. The predicted molar refractivity (Wildman–Crippen MR) is 44.0 cm³/mol. The van der Waals surface area contributed by atoms with Gasteiger partial charge in [0.15, 0.2) is 0 Å². The van der Waals surface area contributed by atoms with E-state index in [1.807, 2.05) is 31.4 Å². The molecule has 0 bridgehead atoms. The maximum absolute atomic E-state index is 3.17. The van der Waals surface area contributed by atoms with Crippen molar-refractivity contribution in [2.45, 2.75) is 0 Å². The first-order valence-corrected chi connectivity index (χ1v) is 3.63. The first-order valence-electron chi connectivity index (χ1n) is 3.63. The maximum Gasteiger partial charge on any atom is 0.123 e. The second-order valence-electron chi connectivity index (χ2n) is 2.59. The molecule has 2 rings (SSSR count). The summed E-state index contributed by atoms with van der Waals surface area (Å²) in [7, 11) is 2.04. The third kappa shape index (κ3) is 1.73. The summed E-state index contributed by atoms with van der Waals surface area (Å²) in [6.07, 6.45) is 2.00. The zero-order valence-electron chi connectivity index (χ0n) is 6.99. The number of para-hydroxylation sites is 1. The van der Waals surface area contributed by atoms with Gasteiger partial charge in [-0.15, -0.1) is 18.2 Å². The zero-order valence-corrected chi connectivity index (χ0v) is 9.83. The van der Waals surface area contributed by atoms with Gasteiger partial charge in [0.25, 0.3) is 0 Å². The minimum atomic E-state index is 0. The fourth-order valence-corrected chi connectivity index (χ4v) is 1.22. The van der Waals surface area contributed by atoms with Crippen LogP contribution in [0.1, 0.15) is 0 Å². The van der Waals surface area contributed by atoms with Gasteiger partial charge in [0.05, 0.1) is 6.20 Å². The van der Waals surface area contributed by atoms with Crippen LogP contribution in [-0.2, 0) is 39.8 Å². The zero-order chi connectivity index (χ0) is 7.68. The molecule has 0 fully saturated rings. The molecule has 0 atom stereocenters. The van der Waals surface area contributed by atoms with E-state index < -0.39 is 0 Å². The molecule has 1 aromatic heterocycles. The average molecular weight is 232 g/mol. The first-order chi connectivity index (χ1) is 5.38. The molecule has 0 aliphatic heterocycles. The molecule has 0 saturated heterocycles. The van der Waals surface area contributed by atoms with Gasteiger partial charge in [0.1, 0.15) is 12.6 Å². The van der Waals surface area contributed by atoms with Crippen LogP contribution in [0.4, 0.5) is 0 Å². The number of hydrogen-bond acceptors (Lipinski definition) is 0. The van der Waals surface area contributed by atoms with Crippen LogP contribution in [0, 0.1) is 6.07 Å². The standard InChI is InChI=1S/C10H9N.Y/c1-11-8-4-6-9-5-2-3-7-10(9)11;/h2-5,7-8H,1H3;. The Bertz CT molecular complexity index is 379. The molecule has 0 N–H and O–H groups in total. The van der Waals surface area contributed by atoms with E-state index in [9.17, 15) is 0 Å². The van der Waals surface area contributed by atoms with Crippen LogP contribution in [0.25, 0.3) is 10.9 Å². The molecule has 1 heterocycles. The summed E-state index contributed by atoms with van der Waals surface area (Å²) in [6.45, 7) is 0. The Morgan fingerprint density at radius 1 is 1.25 bits per heavy atom. The van der Waals surface area contributed by atoms with Crippen LogP contribution in [0.3, 0.4) is 0 Å². The van der Waals surface area contributed by atoms with Crippen LogP contribution in [0.15, 0.2) is 36.5 Å². The van der Waals surface area contributed by atoms with Gasteiger partial charge in [-0.05, 0) is 6.07 Å². The number of aryl methyl sites for hydroxylation is 1. The third-order valence-electron chi connectivity index (χ3n) is 1.82. The molecule has 2 heteroatoms. The van der Waals surface area contributed by atoms with Crippen LogP contribution in [0.5, 0.6) is 0 Å². The van der Waals surface area contributed by atoms with Crippen LogP contribution in [-0.4, -0.2) is 0 Å². The summed E-state index contributed by atoms with van der Waals surface area (Å²) in [5.74, 6) is 0. The summed E-state index contributed by atoms with van der Waals surface area (Å²) < 4.78 is 2.09. The van der Waals surface area contributed by atoms with E-state index in [4.69, 9.17) is 0 Å². The SMILES string of the molecule is C[n+]1cc[c-]c2ccccc21.[Y]. The largest absolute Gasteiger partial charge is 0.282 e. The van der Waals surface area contributed by atoms with Gasteiger partial charge in [-0.3, -0.25) is 4.57 Å². The Morgan fingerprint density at radius 2 is 2.00 bits per heavy atom. The first kappa shape index (κ1) is 9.82. The van der Waals surface area contributed by atoms with Crippen molar-refractivity contribution in [3.8, 4) is 0 Å². The van der Waals surface area contributed by atoms with Gasteiger partial charge in [0, 0.05) is 32.7 Å². The van der Waals surface area contributed by atoms with E-state index in [1.165, 1.54) is 5.52 Å². The molecule has 0 saturated carbocycles. The van der Waals surface area contributed by atoms with Crippen LogP contribution >= 0.6 is 0 Å². The molecule has 2 aromatic rings. The fraction of sp³-hybridized carbons (Fsp3) is 0.100. The number of benzene rings is 1. The van der Waals surface area contributed by atoms with Crippen LogP contribution < -0.4 is 4.57 Å². The van der Waals surface area contributed by atoms with E-state index >= 15 is 0 Å². The van der Waals surface area contributed by atoms with E-state index in [2.05, 4.69) is 22.8 Å². The van der Waals surface area contributed by atoms with Crippen molar-refractivity contribution in [3.63, 3.8) is 0 Å². The van der Waals surface area contributed by atoms with Gasteiger partial charge in [0.2, 0.25) is 0 Å². The number of fused-ring (bicyclic) bond motifs is 1. The van der Waals surface area contributed by atoms with Crippen molar-refractivity contribution in [1.29, 1.82) is 0 Å². The topological polar surface area (TPSA) is 3.88 Å². The molecular formula is C10H9NY. The van der Waals surface area contributed by atoms with Gasteiger partial charge in [-0.1, -0.05) is 17.5 Å². The minimum Gasteiger partial charge on any atom is -0.282 e. The van der Waals surface area contributed by atoms with Crippen molar-refractivity contribution in [2.75, 3.05) is 0 Å². The van der Waals surface area contributed by atoms with Crippen molar-refractivity contribution < 1.29 is 37.3 Å². The van der Waals surface area contributed by atoms with E-state index in [0.717, 1.165) is 5.39 Å².